The van der Waals surface area contributed by atoms with Crippen molar-refractivity contribution in [2.24, 2.45) is 7.05 Å². The monoisotopic (exact) mass is 442 g/mol. The normalized spacial score (nSPS) is 17.8. The molecule has 0 saturated carbocycles. The van der Waals surface area contributed by atoms with E-state index in [1.165, 1.54) is 27.2 Å². The fourth-order valence-corrected chi connectivity index (χ4v) is 6.79. The van der Waals surface area contributed by atoms with Gasteiger partial charge in [0.15, 0.2) is 5.03 Å². The topological polar surface area (TPSA) is 118 Å². The van der Waals surface area contributed by atoms with Gasteiger partial charge < -0.3 is 4.57 Å². The number of benzene rings is 1. The molecule has 0 N–H and O–H groups in total. The summed E-state index contributed by atoms with van der Waals surface area (Å²) >= 11 is 0.958. The molecule has 3 aromatic rings. The molecule has 0 radical (unpaired) electrons. The summed E-state index contributed by atoms with van der Waals surface area (Å²) in [5.41, 5.74) is 0.870. The van der Waals surface area contributed by atoms with Gasteiger partial charge in [-0.1, -0.05) is 6.07 Å². The predicted molar refractivity (Wildman–Crippen MR) is 103 cm³/mol. The second kappa shape index (κ2) is 7.15. The highest BCUT2D eigenvalue weighted by Gasteiger charge is 2.33. The van der Waals surface area contributed by atoms with Gasteiger partial charge in [0.05, 0.1) is 18.1 Å². The molecule has 0 atom stereocenters. The summed E-state index contributed by atoms with van der Waals surface area (Å²) in [6.07, 6.45) is 3.24. The quantitative estimate of drug-likeness (QED) is 0.577. The number of imidazole rings is 1. The lowest BCUT2D eigenvalue weighted by Crippen LogP contribution is -2.37. The third-order valence-electron chi connectivity index (χ3n) is 4.57. The molecule has 0 spiro atoms. The van der Waals surface area contributed by atoms with Gasteiger partial charge in [0.2, 0.25) is 10.0 Å². The molecule has 28 heavy (non-hydrogen) atoms. The first kappa shape index (κ1) is 19.4. The number of aromatic nitrogens is 4. The van der Waals surface area contributed by atoms with Crippen LogP contribution in [0.1, 0.15) is 6.42 Å². The maximum atomic E-state index is 13.2. The summed E-state index contributed by atoms with van der Waals surface area (Å²) < 4.78 is 64.2. The van der Waals surface area contributed by atoms with Gasteiger partial charge in [0.1, 0.15) is 15.9 Å². The van der Waals surface area contributed by atoms with Crippen LogP contribution in [-0.4, -0.2) is 69.9 Å². The summed E-state index contributed by atoms with van der Waals surface area (Å²) in [5.74, 6) is 0. The standard InChI is InChI=1S/C15H18N6O4S3/c1-19-10-14(16-11-19)28(24,25)21-7-3-6-20(8-9-21)27(22,23)13-5-2-4-12-15(13)18-26-17-12/h2,4-5,10-11H,3,6-9H2,1H3. The van der Waals surface area contributed by atoms with Gasteiger partial charge in [-0.2, -0.15) is 17.4 Å². The first-order chi connectivity index (χ1) is 13.3. The Kier molecular flexibility index (Phi) is 4.95. The number of sulfonamides is 2. The third-order valence-corrected chi connectivity index (χ3v) is 8.82. The minimum Gasteiger partial charge on any atom is -0.339 e. The third kappa shape index (κ3) is 3.33. The maximum Gasteiger partial charge on any atom is 0.262 e. The molecule has 0 unspecified atom stereocenters. The molecular formula is C15H18N6O4S3. The van der Waals surface area contributed by atoms with Crippen LogP contribution in [0.15, 0.2) is 40.6 Å². The average Bonchev–Trinajstić information content (AvgIpc) is 3.23. The molecule has 2 aromatic heterocycles. The van der Waals surface area contributed by atoms with Crippen molar-refractivity contribution in [3.05, 3.63) is 30.7 Å². The van der Waals surface area contributed by atoms with Crippen LogP contribution in [0.5, 0.6) is 0 Å². The second-order valence-corrected chi connectivity index (χ2v) is 10.7. The Balaban J connectivity index is 1.59. The van der Waals surface area contributed by atoms with Crippen molar-refractivity contribution >= 4 is 42.8 Å². The molecule has 1 aliphatic rings. The molecule has 0 amide bonds. The second-order valence-electron chi connectivity index (χ2n) is 6.43. The van der Waals surface area contributed by atoms with Crippen LogP contribution in [0, 0.1) is 0 Å². The molecule has 1 saturated heterocycles. The van der Waals surface area contributed by atoms with E-state index in [0.29, 0.717) is 17.5 Å². The van der Waals surface area contributed by atoms with Gasteiger partial charge in [-0.3, -0.25) is 0 Å². The van der Waals surface area contributed by atoms with Gasteiger partial charge in [0.25, 0.3) is 10.0 Å². The van der Waals surface area contributed by atoms with Gasteiger partial charge in [-0.25, -0.2) is 21.8 Å². The Hall–Kier alpha value is -1.93. The van der Waals surface area contributed by atoms with Crippen molar-refractivity contribution in [1.82, 2.24) is 26.9 Å². The lowest BCUT2D eigenvalue weighted by atomic mass is 10.3. The van der Waals surface area contributed by atoms with Gasteiger partial charge >= 0.3 is 0 Å². The lowest BCUT2D eigenvalue weighted by molar-refractivity contribution is 0.404. The molecular weight excluding hydrogens is 424 g/mol. The highest BCUT2D eigenvalue weighted by atomic mass is 32.2. The van der Waals surface area contributed by atoms with Crippen LogP contribution in [0.2, 0.25) is 0 Å². The van der Waals surface area contributed by atoms with Crippen LogP contribution >= 0.6 is 11.7 Å². The minimum absolute atomic E-state index is 0.0374. The Morgan fingerprint density at radius 3 is 2.36 bits per heavy atom. The largest absolute Gasteiger partial charge is 0.339 e. The zero-order valence-corrected chi connectivity index (χ0v) is 17.4. The molecule has 13 heteroatoms. The van der Waals surface area contributed by atoms with E-state index in [1.54, 1.807) is 23.7 Å². The Morgan fingerprint density at radius 1 is 0.964 bits per heavy atom. The fourth-order valence-electron chi connectivity index (χ4n) is 3.13. The lowest BCUT2D eigenvalue weighted by Gasteiger charge is -2.21. The van der Waals surface area contributed by atoms with E-state index in [9.17, 15) is 16.8 Å². The number of hydrogen-bond donors (Lipinski definition) is 0. The number of nitrogens with zero attached hydrogens (tertiary/aromatic N) is 6. The van der Waals surface area contributed by atoms with Gasteiger partial charge in [0, 0.05) is 39.4 Å². The van der Waals surface area contributed by atoms with Crippen LogP contribution in [0.4, 0.5) is 0 Å². The summed E-state index contributed by atoms with van der Waals surface area (Å²) in [5, 5.41) is -0.0374. The fraction of sp³-hybridized carbons (Fsp3) is 0.400. The van der Waals surface area contributed by atoms with E-state index in [4.69, 9.17) is 0 Å². The molecule has 0 bridgehead atoms. The van der Waals surface area contributed by atoms with Crippen LogP contribution in [0.25, 0.3) is 11.0 Å². The van der Waals surface area contributed by atoms with E-state index >= 15 is 0 Å². The average molecular weight is 443 g/mol. The number of fused-ring (bicyclic) bond motifs is 1. The first-order valence-corrected chi connectivity index (χ1v) is 12.1. The van der Waals surface area contributed by atoms with E-state index < -0.39 is 20.0 Å². The van der Waals surface area contributed by atoms with E-state index in [-0.39, 0.29) is 36.1 Å². The molecule has 4 rings (SSSR count). The summed E-state index contributed by atoms with van der Waals surface area (Å²) in [7, 11) is -5.89. The van der Waals surface area contributed by atoms with E-state index in [1.807, 2.05) is 0 Å². The minimum atomic E-state index is -3.82. The molecule has 150 valence electrons. The van der Waals surface area contributed by atoms with Crippen molar-refractivity contribution in [3.63, 3.8) is 0 Å². The summed E-state index contributed by atoms with van der Waals surface area (Å²) in [6.45, 7) is 0.573. The Morgan fingerprint density at radius 2 is 1.68 bits per heavy atom. The summed E-state index contributed by atoms with van der Waals surface area (Å²) in [6, 6.07) is 4.85. The Bertz CT molecular complexity index is 1220. The highest BCUT2D eigenvalue weighted by Crippen LogP contribution is 2.26. The number of rotatable bonds is 4. The van der Waals surface area contributed by atoms with Crippen molar-refractivity contribution in [1.29, 1.82) is 0 Å². The maximum absolute atomic E-state index is 13.2. The number of aryl methyl sites for hydroxylation is 1. The molecule has 1 aliphatic heterocycles. The molecule has 1 fully saturated rings. The zero-order chi connectivity index (χ0) is 19.9. The van der Waals surface area contributed by atoms with Gasteiger partial charge in [-0.05, 0) is 18.6 Å². The van der Waals surface area contributed by atoms with Crippen LogP contribution in [-0.2, 0) is 27.1 Å². The zero-order valence-electron chi connectivity index (χ0n) is 15.0. The van der Waals surface area contributed by atoms with Crippen molar-refractivity contribution in [2.75, 3.05) is 26.2 Å². The van der Waals surface area contributed by atoms with Crippen molar-refractivity contribution in [3.8, 4) is 0 Å². The predicted octanol–water partition coefficient (Wildman–Crippen LogP) is 0.510. The van der Waals surface area contributed by atoms with Crippen molar-refractivity contribution in [2.45, 2.75) is 16.3 Å². The summed E-state index contributed by atoms with van der Waals surface area (Å²) in [4.78, 5) is 4.02. The van der Waals surface area contributed by atoms with Crippen LogP contribution < -0.4 is 0 Å². The van der Waals surface area contributed by atoms with E-state index in [0.717, 1.165) is 11.7 Å². The molecule has 3 heterocycles. The van der Waals surface area contributed by atoms with Crippen LogP contribution in [0.3, 0.4) is 0 Å². The Labute approximate surface area is 166 Å². The molecule has 0 aliphatic carbocycles. The van der Waals surface area contributed by atoms with Crippen molar-refractivity contribution < 1.29 is 16.8 Å². The first-order valence-electron chi connectivity index (χ1n) is 8.50. The van der Waals surface area contributed by atoms with Gasteiger partial charge in [-0.15, -0.1) is 0 Å². The highest BCUT2D eigenvalue weighted by molar-refractivity contribution is 7.89. The number of hydrogen-bond acceptors (Lipinski definition) is 8. The van der Waals surface area contributed by atoms with E-state index in [2.05, 4.69) is 13.7 Å². The molecule has 10 nitrogen and oxygen atoms in total. The SMILES string of the molecule is Cn1cnc(S(=O)(=O)N2CCCN(S(=O)(=O)c3cccc4nsnc34)CC2)c1. The smallest absolute Gasteiger partial charge is 0.262 e. The molecule has 1 aromatic carbocycles.